The largest absolute Gasteiger partial charge is 0.382 e. The lowest BCUT2D eigenvalue weighted by Crippen LogP contribution is -2.29. The van der Waals surface area contributed by atoms with E-state index < -0.39 is 0 Å². The molecule has 1 heterocycles. The monoisotopic (exact) mass is 237 g/mol. The summed E-state index contributed by atoms with van der Waals surface area (Å²) in [6, 6.07) is 0.370. The van der Waals surface area contributed by atoms with Gasteiger partial charge in [-0.05, 0) is 32.2 Å². The van der Waals surface area contributed by atoms with Crippen LogP contribution in [-0.2, 0) is 17.6 Å². The molecule has 0 saturated carbocycles. The van der Waals surface area contributed by atoms with Crippen molar-refractivity contribution in [2.45, 2.75) is 38.6 Å². The fourth-order valence-electron chi connectivity index (χ4n) is 2.55. The zero-order valence-corrected chi connectivity index (χ0v) is 10.9. The second kappa shape index (κ2) is 6.17. The first-order valence-corrected chi connectivity index (χ1v) is 6.61. The highest BCUT2D eigenvalue weighted by molar-refractivity contribution is 5.17. The van der Waals surface area contributed by atoms with Crippen LogP contribution >= 0.6 is 0 Å². The molecule has 0 aliphatic heterocycles. The first-order valence-electron chi connectivity index (χ1n) is 6.61. The van der Waals surface area contributed by atoms with E-state index in [0.29, 0.717) is 6.04 Å². The molecule has 17 heavy (non-hydrogen) atoms. The summed E-state index contributed by atoms with van der Waals surface area (Å²) in [6.45, 7) is 4.83. The number of aryl methyl sites for hydroxylation is 1. The fraction of sp³-hybridized carbons (Fsp3) is 0.769. The summed E-state index contributed by atoms with van der Waals surface area (Å²) in [5, 5.41) is 3.40. The smallest absolute Gasteiger partial charge is 0.0955 e. The van der Waals surface area contributed by atoms with Crippen LogP contribution in [0.5, 0.6) is 0 Å². The van der Waals surface area contributed by atoms with Crippen LogP contribution in [0.25, 0.3) is 0 Å². The highest BCUT2D eigenvalue weighted by Gasteiger charge is 2.20. The summed E-state index contributed by atoms with van der Waals surface area (Å²) in [4.78, 5) is 4.55. The summed E-state index contributed by atoms with van der Waals surface area (Å²) in [5.74, 6) is 0. The van der Waals surface area contributed by atoms with Crippen molar-refractivity contribution < 1.29 is 4.74 Å². The number of imidazole rings is 1. The van der Waals surface area contributed by atoms with Gasteiger partial charge in [0.2, 0.25) is 0 Å². The Kier molecular flexibility index (Phi) is 4.57. The van der Waals surface area contributed by atoms with Crippen molar-refractivity contribution in [1.29, 1.82) is 0 Å². The number of hydrogen-bond donors (Lipinski definition) is 1. The topological polar surface area (TPSA) is 39.1 Å². The summed E-state index contributed by atoms with van der Waals surface area (Å²) in [7, 11) is 1.77. The Morgan fingerprint density at radius 2 is 2.29 bits per heavy atom. The first-order chi connectivity index (χ1) is 8.36. The number of aromatic nitrogens is 2. The van der Waals surface area contributed by atoms with E-state index in [9.17, 15) is 0 Å². The molecule has 1 aromatic rings. The number of methoxy groups -OCH3 is 1. The number of fused-ring (bicyclic) bond motifs is 1. The SMILES string of the molecule is CCNCC(COC)n1cnc2c1CCCC2. The molecule has 1 aromatic heterocycles. The Morgan fingerprint density at radius 3 is 3.06 bits per heavy atom. The zero-order valence-electron chi connectivity index (χ0n) is 10.9. The molecule has 0 spiro atoms. The summed E-state index contributed by atoms with van der Waals surface area (Å²) < 4.78 is 7.65. The molecule has 1 aliphatic rings. The molecule has 96 valence electrons. The predicted molar refractivity (Wildman–Crippen MR) is 68.3 cm³/mol. The van der Waals surface area contributed by atoms with Crippen LogP contribution < -0.4 is 5.32 Å². The average molecular weight is 237 g/mol. The maximum Gasteiger partial charge on any atom is 0.0955 e. The molecule has 0 fully saturated rings. The molecule has 1 unspecified atom stereocenters. The van der Waals surface area contributed by atoms with E-state index in [-0.39, 0.29) is 0 Å². The molecule has 4 nitrogen and oxygen atoms in total. The zero-order chi connectivity index (χ0) is 12.1. The van der Waals surface area contributed by atoms with Crippen molar-refractivity contribution in [3.63, 3.8) is 0 Å². The lowest BCUT2D eigenvalue weighted by Gasteiger charge is -2.22. The molecule has 0 saturated heterocycles. The standard InChI is InChI=1S/C13H23N3O/c1-3-14-8-11(9-17-2)16-10-15-12-6-4-5-7-13(12)16/h10-11,14H,3-9H2,1-2H3. The van der Waals surface area contributed by atoms with E-state index in [0.717, 1.165) is 26.1 Å². The van der Waals surface area contributed by atoms with Gasteiger partial charge in [-0.1, -0.05) is 6.92 Å². The molecule has 2 rings (SSSR count). The van der Waals surface area contributed by atoms with E-state index in [2.05, 4.69) is 21.8 Å². The Morgan fingerprint density at radius 1 is 1.47 bits per heavy atom. The van der Waals surface area contributed by atoms with E-state index in [1.165, 1.54) is 30.7 Å². The van der Waals surface area contributed by atoms with Crippen molar-refractivity contribution >= 4 is 0 Å². The fourth-order valence-corrected chi connectivity index (χ4v) is 2.55. The lowest BCUT2D eigenvalue weighted by molar-refractivity contribution is 0.152. The van der Waals surface area contributed by atoms with Gasteiger partial charge < -0.3 is 14.6 Å². The minimum atomic E-state index is 0.370. The van der Waals surface area contributed by atoms with Crippen LogP contribution in [0.1, 0.15) is 37.2 Å². The van der Waals surface area contributed by atoms with Crippen molar-refractivity contribution in [3.8, 4) is 0 Å². The Hall–Kier alpha value is -0.870. The third kappa shape index (κ3) is 2.87. The molecule has 0 amide bonds. The lowest BCUT2D eigenvalue weighted by atomic mass is 10.0. The van der Waals surface area contributed by atoms with E-state index in [4.69, 9.17) is 4.74 Å². The molecule has 4 heteroatoms. The number of nitrogens with zero attached hydrogens (tertiary/aromatic N) is 2. The summed E-state index contributed by atoms with van der Waals surface area (Å²) in [6.07, 6.45) is 6.88. The average Bonchev–Trinajstić information content (AvgIpc) is 2.78. The molecule has 0 bridgehead atoms. The van der Waals surface area contributed by atoms with Crippen LogP contribution in [-0.4, -0.2) is 36.4 Å². The van der Waals surface area contributed by atoms with Crippen molar-refractivity contribution in [2.75, 3.05) is 26.8 Å². The quantitative estimate of drug-likeness (QED) is 0.816. The third-order valence-corrected chi connectivity index (χ3v) is 3.44. The van der Waals surface area contributed by atoms with Gasteiger partial charge in [0.1, 0.15) is 0 Å². The molecular weight excluding hydrogens is 214 g/mol. The number of ether oxygens (including phenoxy) is 1. The highest BCUT2D eigenvalue weighted by Crippen LogP contribution is 2.22. The van der Waals surface area contributed by atoms with Gasteiger partial charge in [-0.2, -0.15) is 0 Å². The Balaban J connectivity index is 2.13. The molecule has 1 atom stereocenters. The maximum absolute atomic E-state index is 5.33. The number of rotatable bonds is 6. The van der Waals surface area contributed by atoms with Gasteiger partial charge in [-0.25, -0.2) is 4.98 Å². The molecule has 0 radical (unpaired) electrons. The Bertz CT molecular complexity index is 348. The van der Waals surface area contributed by atoms with Crippen LogP contribution in [0, 0.1) is 0 Å². The molecule has 1 aliphatic carbocycles. The van der Waals surface area contributed by atoms with E-state index >= 15 is 0 Å². The minimum Gasteiger partial charge on any atom is -0.382 e. The molecule has 1 N–H and O–H groups in total. The van der Waals surface area contributed by atoms with Crippen LogP contribution in [0.4, 0.5) is 0 Å². The van der Waals surface area contributed by atoms with Crippen molar-refractivity contribution in [1.82, 2.24) is 14.9 Å². The van der Waals surface area contributed by atoms with Crippen LogP contribution in [0.3, 0.4) is 0 Å². The molecule has 0 aromatic carbocycles. The van der Waals surface area contributed by atoms with Crippen LogP contribution in [0.15, 0.2) is 6.33 Å². The van der Waals surface area contributed by atoms with Gasteiger partial charge in [0.05, 0.1) is 24.7 Å². The predicted octanol–water partition coefficient (Wildman–Crippen LogP) is 1.56. The third-order valence-electron chi connectivity index (χ3n) is 3.44. The summed E-state index contributed by atoms with van der Waals surface area (Å²) >= 11 is 0. The van der Waals surface area contributed by atoms with Crippen molar-refractivity contribution in [3.05, 3.63) is 17.7 Å². The van der Waals surface area contributed by atoms with Gasteiger partial charge in [0, 0.05) is 19.3 Å². The summed E-state index contributed by atoms with van der Waals surface area (Å²) in [5.41, 5.74) is 2.73. The van der Waals surface area contributed by atoms with Crippen molar-refractivity contribution in [2.24, 2.45) is 0 Å². The number of likely N-dealkylation sites (N-methyl/N-ethyl adjacent to an activating group) is 1. The van der Waals surface area contributed by atoms with Gasteiger partial charge in [0.25, 0.3) is 0 Å². The number of nitrogens with one attached hydrogen (secondary N) is 1. The first kappa shape index (κ1) is 12.6. The molecular formula is C13H23N3O. The van der Waals surface area contributed by atoms with E-state index in [1.807, 2.05) is 6.33 Å². The van der Waals surface area contributed by atoms with Gasteiger partial charge >= 0.3 is 0 Å². The Labute approximate surface area is 103 Å². The second-order valence-electron chi connectivity index (χ2n) is 4.67. The normalized spacial score (nSPS) is 16.8. The van der Waals surface area contributed by atoms with Gasteiger partial charge in [0.15, 0.2) is 0 Å². The maximum atomic E-state index is 5.33. The number of hydrogen-bond acceptors (Lipinski definition) is 3. The van der Waals surface area contributed by atoms with Gasteiger partial charge in [-0.15, -0.1) is 0 Å². The highest BCUT2D eigenvalue weighted by atomic mass is 16.5. The minimum absolute atomic E-state index is 0.370. The van der Waals surface area contributed by atoms with E-state index in [1.54, 1.807) is 7.11 Å². The van der Waals surface area contributed by atoms with Gasteiger partial charge in [-0.3, -0.25) is 0 Å². The van der Waals surface area contributed by atoms with Crippen LogP contribution in [0.2, 0.25) is 0 Å². The second-order valence-corrected chi connectivity index (χ2v) is 4.67.